The number of hydrogen-bond acceptors (Lipinski definition) is 5. The molecule has 0 aliphatic carbocycles. The van der Waals surface area contributed by atoms with Crippen LogP contribution in [0.1, 0.15) is 20.0 Å². The number of nitrogens with two attached hydrogens (primary N) is 1. The van der Waals surface area contributed by atoms with Crippen molar-refractivity contribution >= 4 is 61.6 Å². The first-order chi connectivity index (χ1) is 15.9. The Bertz CT molecular complexity index is 1340. The molecule has 2 amide bonds. The topological polar surface area (TPSA) is 146 Å². The van der Waals surface area contributed by atoms with Gasteiger partial charge < -0.3 is 16.1 Å². The third-order valence-electron chi connectivity index (χ3n) is 4.65. The second kappa shape index (κ2) is 11.3. The number of pyridine rings is 1. The number of benzene rings is 2. The standard InChI is InChI=1S/C23H17BrN4O3S2.H2O/c24-16-9-10-20(26-13-16)28-23(30)21-18(11-12-32-21)27-22(29)15-7-5-14(6-8-15)17-3-1-2-4-19(17)33(25)31;/h1-13H,25H2,(H,27,29)(H,26,28,30);1H2. The van der Waals surface area contributed by atoms with Gasteiger partial charge in [0.25, 0.3) is 11.8 Å². The maximum atomic E-state index is 12.8. The van der Waals surface area contributed by atoms with Crippen molar-refractivity contribution in [1.29, 1.82) is 0 Å². The van der Waals surface area contributed by atoms with E-state index < -0.39 is 11.0 Å². The van der Waals surface area contributed by atoms with Gasteiger partial charge in [-0.3, -0.25) is 9.59 Å². The lowest BCUT2D eigenvalue weighted by atomic mass is 10.0. The predicted molar refractivity (Wildman–Crippen MR) is 138 cm³/mol. The molecule has 0 spiro atoms. The number of nitrogens with zero attached hydrogens (tertiary/aromatic N) is 1. The maximum absolute atomic E-state index is 12.8. The van der Waals surface area contributed by atoms with Crippen LogP contribution < -0.4 is 15.8 Å². The lowest BCUT2D eigenvalue weighted by Gasteiger charge is -2.09. The van der Waals surface area contributed by atoms with Crippen LogP contribution in [0.3, 0.4) is 0 Å². The number of hydrogen-bond donors (Lipinski definition) is 3. The highest BCUT2D eigenvalue weighted by atomic mass is 79.9. The molecule has 0 bridgehead atoms. The summed E-state index contributed by atoms with van der Waals surface area (Å²) >= 11 is 4.52. The Morgan fingerprint density at radius 3 is 2.35 bits per heavy atom. The fourth-order valence-electron chi connectivity index (χ4n) is 3.08. The highest BCUT2D eigenvalue weighted by Crippen LogP contribution is 2.27. The molecule has 11 heteroatoms. The Morgan fingerprint density at radius 1 is 0.941 bits per heavy atom. The number of carbonyl (C=O) groups excluding carboxylic acids is 2. The highest BCUT2D eigenvalue weighted by molar-refractivity contribution is 9.10. The van der Waals surface area contributed by atoms with Crippen molar-refractivity contribution in [3.05, 3.63) is 93.2 Å². The van der Waals surface area contributed by atoms with E-state index in [1.165, 1.54) is 11.3 Å². The number of aromatic nitrogens is 1. The van der Waals surface area contributed by atoms with E-state index >= 15 is 0 Å². The van der Waals surface area contributed by atoms with Crippen molar-refractivity contribution in [3.63, 3.8) is 0 Å². The quantitative estimate of drug-likeness (QED) is 0.325. The molecule has 6 N–H and O–H groups in total. The van der Waals surface area contributed by atoms with Gasteiger partial charge in [-0.25, -0.2) is 14.3 Å². The van der Waals surface area contributed by atoms with Crippen LogP contribution >= 0.6 is 27.3 Å². The number of halogens is 1. The zero-order valence-electron chi connectivity index (χ0n) is 17.4. The molecule has 2 aromatic carbocycles. The van der Waals surface area contributed by atoms with E-state index in [0.717, 1.165) is 15.6 Å². The second-order valence-electron chi connectivity index (χ2n) is 6.80. The Morgan fingerprint density at radius 2 is 1.68 bits per heavy atom. The van der Waals surface area contributed by atoms with E-state index in [2.05, 4.69) is 31.5 Å². The summed E-state index contributed by atoms with van der Waals surface area (Å²) in [6.45, 7) is 0. The summed E-state index contributed by atoms with van der Waals surface area (Å²) in [6, 6.07) is 19.1. The van der Waals surface area contributed by atoms with E-state index in [1.807, 2.05) is 12.1 Å². The van der Waals surface area contributed by atoms with Gasteiger partial charge in [0, 0.05) is 16.2 Å². The molecule has 0 radical (unpaired) electrons. The molecule has 8 nitrogen and oxygen atoms in total. The monoisotopic (exact) mass is 558 g/mol. The van der Waals surface area contributed by atoms with E-state index in [9.17, 15) is 13.8 Å². The minimum absolute atomic E-state index is 0. The third kappa shape index (κ3) is 5.82. The number of amides is 2. The van der Waals surface area contributed by atoms with E-state index in [1.54, 1.807) is 66.2 Å². The summed E-state index contributed by atoms with van der Waals surface area (Å²) in [7, 11) is -1.62. The van der Waals surface area contributed by atoms with Gasteiger partial charge in [-0.15, -0.1) is 11.3 Å². The SMILES string of the molecule is NS(=O)c1ccccc1-c1ccc(C(=O)Nc2ccsc2C(=O)Nc2ccc(Br)cn2)cc1.O. The molecule has 2 heterocycles. The van der Waals surface area contributed by atoms with Gasteiger partial charge in [-0.2, -0.15) is 0 Å². The summed E-state index contributed by atoms with van der Waals surface area (Å²) in [5.41, 5.74) is 2.35. The molecular weight excluding hydrogens is 540 g/mol. The number of thiophene rings is 1. The van der Waals surface area contributed by atoms with Gasteiger partial charge in [-0.05, 0) is 68.8 Å². The Kier molecular flexibility index (Phi) is 8.42. The van der Waals surface area contributed by atoms with Gasteiger partial charge in [0.2, 0.25) is 0 Å². The maximum Gasteiger partial charge on any atom is 0.269 e. The summed E-state index contributed by atoms with van der Waals surface area (Å²) < 4.78 is 12.6. The van der Waals surface area contributed by atoms with Crippen LogP contribution in [0.15, 0.2) is 87.7 Å². The zero-order chi connectivity index (χ0) is 23.4. The molecule has 34 heavy (non-hydrogen) atoms. The molecule has 0 saturated heterocycles. The molecular formula is C23H19BrN4O4S2. The van der Waals surface area contributed by atoms with Gasteiger partial charge in [0.05, 0.1) is 10.6 Å². The van der Waals surface area contributed by atoms with Crippen LogP contribution in [0.25, 0.3) is 11.1 Å². The van der Waals surface area contributed by atoms with E-state index in [-0.39, 0.29) is 17.3 Å². The largest absolute Gasteiger partial charge is 0.412 e. The zero-order valence-corrected chi connectivity index (χ0v) is 20.7. The first-order valence-electron chi connectivity index (χ1n) is 9.60. The summed E-state index contributed by atoms with van der Waals surface area (Å²) in [5.74, 6) is -0.313. The van der Waals surface area contributed by atoms with Gasteiger partial charge in [0.1, 0.15) is 21.7 Å². The lowest BCUT2D eigenvalue weighted by molar-refractivity contribution is 0.102. The average Bonchev–Trinajstić information content (AvgIpc) is 3.29. The molecule has 0 aliphatic heterocycles. The van der Waals surface area contributed by atoms with E-state index in [0.29, 0.717) is 26.8 Å². The number of nitrogens with one attached hydrogen (secondary N) is 2. The van der Waals surface area contributed by atoms with Gasteiger partial charge in [-0.1, -0.05) is 30.3 Å². The molecule has 2 aromatic heterocycles. The first-order valence-corrected chi connectivity index (χ1v) is 12.5. The molecule has 0 fully saturated rings. The molecule has 1 atom stereocenters. The number of carbonyl (C=O) groups is 2. The lowest BCUT2D eigenvalue weighted by Crippen LogP contribution is -2.17. The van der Waals surface area contributed by atoms with Crippen molar-refractivity contribution in [2.75, 3.05) is 10.6 Å². The molecule has 4 aromatic rings. The molecule has 174 valence electrons. The summed E-state index contributed by atoms with van der Waals surface area (Å²) in [6.07, 6.45) is 1.58. The average molecular weight is 559 g/mol. The normalized spacial score (nSPS) is 11.2. The van der Waals surface area contributed by atoms with Crippen molar-refractivity contribution < 1.29 is 19.3 Å². The second-order valence-corrected chi connectivity index (χ2v) is 9.67. The predicted octanol–water partition coefficient (Wildman–Crippen LogP) is 4.23. The Labute approximate surface area is 210 Å². The smallest absolute Gasteiger partial charge is 0.269 e. The fourth-order valence-corrected chi connectivity index (χ4v) is 4.68. The molecule has 0 aliphatic rings. The van der Waals surface area contributed by atoms with E-state index in [4.69, 9.17) is 5.14 Å². The van der Waals surface area contributed by atoms with Gasteiger partial charge >= 0.3 is 0 Å². The summed E-state index contributed by atoms with van der Waals surface area (Å²) in [4.78, 5) is 30.4. The highest BCUT2D eigenvalue weighted by Gasteiger charge is 2.17. The summed E-state index contributed by atoms with van der Waals surface area (Å²) in [5, 5.41) is 12.8. The fraction of sp³-hybridized carbons (Fsp3) is 0. The minimum atomic E-state index is -1.62. The first kappa shape index (κ1) is 25.4. The molecule has 1 unspecified atom stereocenters. The molecule has 0 saturated carbocycles. The van der Waals surface area contributed by atoms with Crippen LogP contribution in [0, 0.1) is 0 Å². The van der Waals surface area contributed by atoms with Crippen molar-refractivity contribution in [2.45, 2.75) is 4.90 Å². The Balaban J connectivity index is 0.00000324. The number of rotatable bonds is 6. The van der Waals surface area contributed by atoms with Crippen LogP contribution in [0.5, 0.6) is 0 Å². The van der Waals surface area contributed by atoms with Crippen LogP contribution in [-0.2, 0) is 11.0 Å². The molecule has 4 rings (SSSR count). The third-order valence-corrected chi connectivity index (χ3v) is 6.82. The minimum Gasteiger partial charge on any atom is -0.412 e. The van der Waals surface area contributed by atoms with Gasteiger partial charge in [0.15, 0.2) is 0 Å². The van der Waals surface area contributed by atoms with Crippen molar-refractivity contribution in [1.82, 2.24) is 4.98 Å². The Hall–Kier alpha value is -3.22. The van der Waals surface area contributed by atoms with Crippen molar-refractivity contribution in [3.8, 4) is 11.1 Å². The number of anilines is 2. The van der Waals surface area contributed by atoms with Crippen molar-refractivity contribution in [2.24, 2.45) is 5.14 Å². The van der Waals surface area contributed by atoms with Crippen LogP contribution in [0.2, 0.25) is 0 Å². The van der Waals surface area contributed by atoms with Crippen LogP contribution in [-0.4, -0.2) is 26.5 Å². The van der Waals surface area contributed by atoms with Crippen LogP contribution in [0.4, 0.5) is 11.5 Å².